The molecule has 1 aromatic carbocycles. The molecule has 0 N–H and O–H groups in total. The second-order valence-corrected chi connectivity index (χ2v) is 6.87. The zero-order valence-corrected chi connectivity index (χ0v) is 17.4. The fraction of sp³-hybridized carbons (Fsp3) is 0.550. The number of benzene rings is 1. The van der Waals surface area contributed by atoms with E-state index in [1.54, 1.807) is 24.6 Å². The summed E-state index contributed by atoms with van der Waals surface area (Å²) in [6.07, 6.45) is 0.684. The van der Waals surface area contributed by atoms with E-state index in [-0.39, 0.29) is 31.7 Å². The lowest BCUT2D eigenvalue weighted by Crippen LogP contribution is -2.36. The number of aromatic nitrogens is 2. The number of carbonyl (C=O) groups excluding carboxylic acids is 2. The minimum absolute atomic E-state index is 0.0761. The van der Waals surface area contributed by atoms with Gasteiger partial charge in [-0.3, -0.25) is 10.1 Å². The fourth-order valence-electron chi connectivity index (χ4n) is 3.38. The molecule has 31 heavy (non-hydrogen) atoms. The maximum Gasteiger partial charge on any atom is 0.347 e. The first-order valence-corrected chi connectivity index (χ1v) is 10.2. The summed E-state index contributed by atoms with van der Waals surface area (Å²) in [7, 11) is 0. The Morgan fingerprint density at radius 1 is 1.26 bits per heavy atom. The van der Waals surface area contributed by atoms with Gasteiger partial charge in [0.1, 0.15) is 0 Å². The van der Waals surface area contributed by atoms with Gasteiger partial charge in [0.15, 0.2) is 6.23 Å². The molecular weight excluding hydrogens is 410 g/mol. The summed E-state index contributed by atoms with van der Waals surface area (Å²) in [6, 6.07) is 4.37. The number of esters is 2. The average molecular weight is 435 g/mol. The third-order valence-corrected chi connectivity index (χ3v) is 4.79. The van der Waals surface area contributed by atoms with E-state index in [4.69, 9.17) is 18.9 Å². The molecular formula is C20H25N3O8. The van der Waals surface area contributed by atoms with Gasteiger partial charge < -0.3 is 18.9 Å². The van der Waals surface area contributed by atoms with E-state index >= 15 is 0 Å². The van der Waals surface area contributed by atoms with Crippen molar-refractivity contribution in [3.63, 3.8) is 0 Å². The van der Waals surface area contributed by atoms with Crippen molar-refractivity contribution in [2.45, 2.75) is 52.0 Å². The third kappa shape index (κ3) is 5.17. The number of nitro groups is 1. The van der Waals surface area contributed by atoms with E-state index in [0.29, 0.717) is 29.6 Å². The number of fused-ring (bicyclic) bond motifs is 1. The SMILES string of the molecule is CCOC(=O)C(OCc1nn(C2CCCCO2)c2cc([N+](=O)[O-])ccc12)C(=O)OCC. The molecule has 3 rings (SSSR count). The van der Waals surface area contributed by atoms with Gasteiger partial charge in [0.2, 0.25) is 0 Å². The predicted octanol–water partition coefficient (Wildman–Crippen LogP) is 2.66. The summed E-state index contributed by atoms with van der Waals surface area (Å²) in [5.74, 6) is -1.70. The number of nitrogens with zero attached hydrogens (tertiary/aromatic N) is 3. The van der Waals surface area contributed by atoms with Crippen molar-refractivity contribution >= 4 is 28.5 Å². The van der Waals surface area contributed by atoms with E-state index in [1.165, 1.54) is 12.1 Å². The van der Waals surface area contributed by atoms with E-state index in [0.717, 1.165) is 12.8 Å². The zero-order valence-electron chi connectivity index (χ0n) is 17.4. The Morgan fingerprint density at radius 2 is 1.97 bits per heavy atom. The minimum Gasteiger partial charge on any atom is -0.464 e. The van der Waals surface area contributed by atoms with Crippen LogP contribution in [0.1, 0.15) is 45.0 Å². The highest BCUT2D eigenvalue weighted by molar-refractivity contribution is 5.98. The number of hydrogen-bond acceptors (Lipinski definition) is 9. The van der Waals surface area contributed by atoms with Gasteiger partial charge in [-0.1, -0.05) is 0 Å². The zero-order chi connectivity index (χ0) is 22.4. The molecule has 1 atom stereocenters. The molecule has 1 aliphatic heterocycles. The van der Waals surface area contributed by atoms with Crippen molar-refractivity contribution in [2.75, 3.05) is 19.8 Å². The summed E-state index contributed by atoms with van der Waals surface area (Å²) in [6.45, 7) is 3.77. The maximum absolute atomic E-state index is 12.1. The van der Waals surface area contributed by atoms with Gasteiger partial charge in [0.05, 0.1) is 36.0 Å². The first-order valence-electron chi connectivity index (χ1n) is 10.2. The number of hydrogen-bond donors (Lipinski definition) is 0. The van der Waals surface area contributed by atoms with Crippen molar-refractivity contribution in [3.8, 4) is 0 Å². The number of carbonyl (C=O) groups is 2. The van der Waals surface area contributed by atoms with Crippen LogP contribution in [0.5, 0.6) is 0 Å². The summed E-state index contributed by atoms with van der Waals surface area (Å²) < 4.78 is 22.7. The second-order valence-electron chi connectivity index (χ2n) is 6.87. The molecule has 1 aromatic heterocycles. The Labute approximate surface area is 178 Å². The number of nitro benzene ring substituents is 1. The van der Waals surface area contributed by atoms with Crippen LogP contribution in [0.25, 0.3) is 10.9 Å². The van der Waals surface area contributed by atoms with Crippen LogP contribution in [-0.2, 0) is 35.1 Å². The molecule has 11 nitrogen and oxygen atoms in total. The molecule has 11 heteroatoms. The Morgan fingerprint density at radius 3 is 2.55 bits per heavy atom. The van der Waals surface area contributed by atoms with Crippen LogP contribution in [0.3, 0.4) is 0 Å². The van der Waals surface area contributed by atoms with Crippen LogP contribution < -0.4 is 0 Å². The molecule has 2 heterocycles. The molecule has 1 fully saturated rings. The van der Waals surface area contributed by atoms with Gasteiger partial charge in [0, 0.05) is 24.1 Å². The number of rotatable bonds is 9. The molecule has 1 aliphatic rings. The smallest absolute Gasteiger partial charge is 0.347 e. The summed E-state index contributed by atoms with van der Waals surface area (Å²) in [4.78, 5) is 35.1. The van der Waals surface area contributed by atoms with Gasteiger partial charge >= 0.3 is 11.9 Å². The summed E-state index contributed by atoms with van der Waals surface area (Å²) >= 11 is 0. The van der Waals surface area contributed by atoms with Crippen molar-refractivity contribution in [1.29, 1.82) is 0 Å². The molecule has 1 unspecified atom stereocenters. The number of ether oxygens (including phenoxy) is 4. The van der Waals surface area contributed by atoms with Gasteiger partial charge in [-0.25, -0.2) is 14.3 Å². The molecule has 0 aliphatic carbocycles. The average Bonchev–Trinajstić information content (AvgIpc) is 3.13. The van der Waals surface area contributed by atoms with Crippen LogP contribution >= 0.6 is 0 Å². The van der Waals surface area contributed by atoms with Crippen LogP contribution in [-0.4, -0.2) is 52.6 Å². The Hall–Kier alpha value is -3.05. The largest absolute Gasteiger partial charge is 0.464 e. The van der Waals surface area contributed by atoms with E-state index in [9.17, 15) is 19.7 Å². The normalized spacial score (nSPS) is 16.4. The highest BCUT2D eigenvalue weighted by atomic mass is 16.6. The van der Waals surface area contributed by atoms with Crippen molar-refractivity contribution < 1.29 is 33.5 Å². The van der Waals surface area contributed by atoms with E-state index < -0.39 is 23.0 Å². The van der Waals surface area contributed by atoms with Crippen molar-refractivity contribution in [2.24, 2.45) is 0 Å². The lowest BCUT2D eigenvalue weighted by atomic mass is 10.1. The van der Waals surface area contributed by atoms with E-state index in [1.807, 2.05) is 0 Å². The lowest BCUT2D eigenvalue weighted by molar-refractivity contribution is -0.384. The topological polar surface area (TPSA) is 132 Å². The Bertz CT molecular complexity index is 933. The lowest BCUT2D eigenvalue weighted by Gasteiger charge is -2.23. The summed E-state index contributed by atoms with van der Waals surface area (Å²) in [5.41, 5.74) is 0.856. The molecule has 0 spiro atoms. The molecule has 0 bridgehead atoms. The maximum atomic E-state index is 12.1. The third-order valence-electron chi connectivity index (χ3n) is 4.79. The highest BCUT2D eigenvalue weighted by Gasteiger charge is 2.31. The second kappa shape index (κ2) is 10.3. The fourth-order valence-corrected chi connectivity index (χ4v) is 3.38. The van der Waals surface area contributed by atoms with Crippen molar-refractivity contribution in [3.05, 3.63) is 34.0 Å². The first-order chi connectivity index (χ1) is 15.0. The van der Waals surface area contributed by atoms with Gasteiger partial charge in [-0.15, -0.1) is 0 Å². The Balaban J connectivity index is 1.92. The Kier molecular flexibility index (Phi) is 7.53. The summed E-state index contributed by atoms with van der Waals surface area (Å²) in [5, 5.41) is 16.4. The highest BCUT2D eigenvalue weighted by Crippen LogP contribution is 2.30. The molecule has 1 saturated heterocycles. The molecule has 168 valence electrons. The molecule has 0 saturated carbocycles. The first kappa shape index (κ1) is 22.6. The number of non-ortho nitro benzene ring substituents is 1. The van der Waals surface area contributed by atoms with Crippen molar-refractivity contribution in [1.82, 2.24) is 9.78 Å². The molecule has 2 aromatic rings. The van der Waals surface area contributed by atoms with Gasteiger partial charge in [0.25, 0.3) is 11.8 Å². The van der Waals surface area contributed by atoms with Crippen LogP contribution in [0, 0.1) is 10.1 Å². The van der Waals surface area contributed by atoms with E-state index in [2.05, 4.69) is 5.10 Å². The quantitative estimate of drug-likeness (QED) is 0.252. The minimum atomic E-state index is -1.55. The van der Waals surface area contributed by atoms with Crippen LogP contribution in [0.4, 0.5) is 5.69 Å². The molecule has 0 amide bonds. The predicted molar refractivity (Wildman–Crippen MR) is 107 cm³/mol. The van der Waals surface area contributed by atoms with Crippen LogP contribution in [0.2, 0.25) is 0 Å². The molecule has 0 radical (unpaired) electrons. The monoisotopic (exact) mass is 435 g/mol. The van der Waals surface area contributed by atoms with Crippen LogP contribution in [0.15, 0.2) is 18.2 Å². The standard InChI is InChI=1S/C20H25N3O8/c1-3-28-19(24)18(20(25)29-4-2)31-12-15-14-9-8-13(23(26)27)11-16(14)22(21-15)17-7-5-6-10-30-17/h8-9,11,17-18H,3-7,10,12H2,1-2H3. The van der Waals surface area contributed by atoms with Gasteiger partial charge in [-0.2, -0.15) is 5.10 Å². The van der Waals surface area contributed by atoms with Gasteiger partial charge in [-0.05, 0) is 39.2 Å².